The summed E-state index contributed by atoms with van der Waals surface area (Å²) < 4.78 is 0. The van der Waals surface area contributed by atoms with Gasteiger partial charge in [0.25, 0.3) is 0 Å². The van der Waals surface area contributed by atoms with Crippen LogP contribution >= 0.6 is 0 Å². The molecule has 0 amide bonds. The van der Waals surface area contributed by atoms with E-state index < -0.39 is 0 Å². The van der Waals surface area contributed by atoms with Gasteiger partial charge in [0, 0.05) is 6.61 Å². The average Bonchev–Trinajstić information content (AvgIpc) is 2.37. The smallest absolute Gasteiger partial charge is 0.111 e. The average molecular weight is 248 g/mol. The van der Waals surface area contributed by atoms with Crippen molar-refractivity contribution in [2.24, 2.45) is 17.3 Å². The standard InChI is InChI=1S/C16H24O2/c17-11-15-12-4-2-8-16(15,9-3-5-12)13-6-1-7-14(18)10-13/h7,10,12,15,17-18H,1-6,8-9,11H2/t12?,15-,16?/m0/s1. The normalized spacial score (nSPS) is 40.1. The van der Waals surface area contributed by atoms with Crippen LogP contribution < -0.4 is 0 Å². The topological polar surface area (TPSA) is 40.5 Å². The van der Waals surface area contributed by atoms with Crippen LogP contribution in [0.25, 0.3) is 0 Å². The predicted molar refractivity (Wildman–Crippen MR) is 72.2 cm³/mol. The maximum Gasteiger partial charge on any atom is 0.111 e. The molecule has 3 aliphatic carbocycles. The van der Waals surface area contributed by atoms with Crippen LogP contribution in [0, 0.1) is 17.3 Å². The molecular weight excluding hydrogens is 224 g/mol. The predicted octanol–water partition coefficient (Wildman–Crippen LogP) is 3.73. The second-order valence-corrected chi connectivity index (χ2v) is 6.33. The van der Waals surface area contributed by atoms with Gasteiger partial charge in [0.05, 0.1) is 0 Å². The Morgan fingerprint density at radius 1 is 1.22 bits per heavy atom. The highest BCUT2D eigenvalue weighted by Gasteiger charge is 2.49. The lowest BCUT2D eigenvalue weighted by molar-refractivity contribution is -0.0166. The van der Waals surface area contributed by atoms with Crippen molar-refractivity contribution >= 4 is 0 Å². The van der Waals surface area contributed by atoms with E-state index in [1.54, 1.807) is 0 Å². The van der Waals surface area contributed by atoms with Crippen molar-refractivity contribution in [2.45, 2.75) is 51.4 Å². The van der Waals surface area contributed by atoms with Gasteiger partial charge in [-0.05, 0) is 55.1 Å². The third kappa shape index (κ3) is 1.82. The van der Waals surface area contributed by atoms with E-state index in [-0.39, 0.29) is 5.41 Å². The molecule has 0 saturated heterocycles. The van der Waals surface area contributed by atoms with E-state index in [4.69, 9.17) is 0 Å². The monoisotopic (exact) mass is 248 g/mol. The Bertz CT molecular complexity index is 371. The molecule has 1 atom stereocenters. The largest absolute Gasteiger partial charge is 0.508 e. The number of aliphatic hydroxyl groups excluding tert-OH is 2. The van der Waals surface area contributed by atoms with E-state index in [1.165, 1.54) is 44.1 Å². The number of fused-ring (bicyclic) bond motifs is 2. The number of allylic oxidation sites excluding steroid dienone is 3. The summed E-state index contributed by atoms with van der Waals surface area (Å²) in [6.07, 6.45) is 13.6. The quantitative estimate of drug-likeness (QED) is 0.781. The van der Waals surface area contributed by atoms with Gasteiger partial charge >= 0.3 is 0 Å². The Morgan fingerprint density at radius 2 is 1.94 bits per heavy atom. The fourth-order valence-corrected chi connectivity index (χ4v) is 4.81. The SMILES string of the molecule is OC[C@H]1C2CCCC1(C1=CC(O)=CCC1)CCC2. The lowest BCUT2D eigenvalue weighted by Gasteiger charge is -2.53. The Hall–Kier alpha value is -0.760. The minimum absolute atomic E-state index is 0.207. The number of aliphatic hydroxyl groups is 2. The first-order valence-corrected chi connectivity index (χ1v) is 7.47. The van der Waals surface area contributed by atoms with Crippen LogP contribution in [0.4, 0.5) is 0 Å². The van der Waals surface area contributed by atoms with Gasteiger partial charge in [-0.2, -0.15) is 0 Å². The Labute approximate surface area is 109 Å². The molecule has 2 fully saturated rings. The van der Waals surface area contributed by atoms with Crippen LogP contribution in [-0.4, -0.2) is 16.8 Å². The molecule has 3 aliphatic rings. The third-order valence-electron chi connectivity index (χ3n) is 5.60. The molecule has 2 heteroatoms. The lowest BCUT2D eigenvalue weighted by Crippen LogP contribution is -2.46. The number of hydrogen-bond donors (Lipinski definition) is 2. The van der Waals surface area contributed by atoms with Gasteiger partial charge in [0.1, 0.15) is 5.76 Å². The molecule has 0 aromatic rings. The van der Waals surface area contributed by atoms with Gasteiger partial charge < -0.3 is 10.2 Å². The molecule has 0 aromatic carbocycles. The van der Waals surface area contributed by atoms with Gasteiger partial charge in [-0.15, -0.1) is 0 Å². The first kappa shape index (κ1) is 12.3. The Kier molecular flexibility index (Phi) is 3.23. The molecular formula is C16H24O2. The maximum absolute atomic E-state index is 9.85. The molecule has 0 unspecified atom stereocenters. The van der Waals surface area contributed by atoms with Gasteiger partial charge in [-0.3, -0.25) is 0 Å². The molecule has 0 spiro atoms. The summed E-state index contributed by atoms with van der Waals surface area (Å²) in [7, 11) is 0. The molecule has 0 heterocycles. The first-order valence-electron chi connectivity index (χ1n) is 7.47. The van der Waals surface area contributed by atoms with E-state index in [2.05, 4.69) is 0 Å². The van der Waals surface area contributed by atoms with Gasteiger partial charge in [0.15, 0.2) is 0 Å². The first-order chi connectivity index (χ1) is 8.76. The van der Waals surface area contributed by atoms with E-state index in [0.717, 1.165) is 12.8 Å². The van der Waals surface area contributed by atoms with Gasteiger partial charge in [0.2, 0.25) is 0 Å². The number of rotatable bonds is 2. The van der Waals surface area contributed by atoms with E-state index >= 15 is 0 Å². The summed E-state index contributed by atoms with van der Waals surface area (Å²) in [5.41, 5.74) is 1.63. The number of hydrogen-bond acceptors (Lipinski definition) is 2. The van der Waals surface area contributed by atoms with Crippen LogP contribution in [0.2, 0.25) is 0 Å². The molecule has 2 saturated carbocycles. The van der Waals surface area contributed by atoms with Crippen LogP contribution in [0.3, 0.4) is 0 Å². The van der Waals surface area contributed by atoms with E-state index in [1.807, 2.05) is 12.2 Å². The van der Waals surface area contributed by atoms with Crippen molar-refractivity contribution in [1.29, 1.82) is 0 Å². The van der Waals surface area contributed by atoms with Gasteiger partial charge in [-0.1, -0.05) is 31.3 Å². The van der Waals surface area contributed by atoms with Crippen molar-refractivity contribution in [1.82, 2.24) is 0 Å². The second-order valence-electron chi connectivity index (χ2n) is 6.33. The maximum atomic E-state index is 9.85. The fourth-order valence-electron chi connectivity index (χ4n) is 4.81. The summed E-state index contributed by atoms with van der Waals surface area (Å²) in [4.78, 5) is 0. The molecule has 0 aliphatic heterocycles. The summed E-state index contributed by atoms with van der Waals surface area (Å²) in [6.45, 7) is 0.326. The molecule has 0 radical (unpaired) electrons. The molecule has 2 nitrogen and oxygen atoms in total. The second kappa shape index (κ2) is 4.73. The van der Waals surface area contributed by atoms with E-state index in [0.29, 0.717) is 24.2 Å². The Balaban J connectivity index is 1.97. The molecule has 100 valence electrons. The molecule has 3 rings (SSSR count). The van der Waals surface area contributed by atoms with Crippen molar-refractivity contribution in [2.75, 3.05) is 6.61 Å². The fraction of sp³-hybridized carbons (Fsp3) is 0.750. The summed E-state index contributed by atoms with van der Waals surface area (Å²) in [5.74, 6) is 1.60. The summed E-state index contributed by atoms with van der Waals surface area (Å²) in [6, 6.07) is 0. The minimum Gasteiger partial charge on any atom is -0.508 e. The third-order valence-corrected chi connectivity index (χ3v) is 5.60. The van der Waals surface area contributed by atoms with Crippen LogP contribution in [-0.2, 0) is 0 Å². The molecule has 0 aromatic heterocycles. The zero-order chi connectivity index (χ0) is 12.6. The highest BCUT2D eigenvalue weighted by Crippen LogP contribution is 2.58. The van der Waals surface area contributed by atoms with Crippen molar-refractivity contribution in [3.63, 3.8) is 0 Å². The zero-order valence-corrected chi connectivity index (χ0v) is 11.1. The van der Waals surface area contributed by atoms with Gasteiger partial charge in [-0.25, -0.2) is 0 Å². The van der Waals surface area contributed by atoms with Crippen molar-refractivity contribution < 1.29 is 10.2 Å². The summed E-state index contributed by atoms with van der Waals surface area (Å²) in [5, 5.41) is 19.6. The molecule has 18 heavy (non-hydrogen) atoms. The Morgan fingerprint density at radius 3 is 2.56 bits per heavy atom. The van der Waals surface area contributed by atoms with Crippen LogP contribution in [0.5, 0.6) is 0 Å². The van der Waals surface area contributed by atoms with Crippen LogP contribution in [0.1, 0.15) is 51.4 Å². The highest BCUT2D eigenvalue weighted by molar-refractivity contribution is 5.30. The van der Waals surface area contributed by atoms with Crippen molar-refractivity contribution in [3.05, 3.63) is 23.5 Å². The lowest BCUT2D eigenvalue weighted by atomic mass is 9.52. The molecule has 2 bridgehead atoms. The van der Waals surface area contributed by atoms with E-state index in [9.17, 15) is 10.2 Å². The highest BCUT2D eigenvalue weighted by atomic mass is 16.3. The minimum atomic E-state index is 0.207. The van der Waals surface area contributed by atoms with Crippen LogP contribution in [0.15, 0.2) is 23.5 Å². The zero-order valence-electron chi connectivity index (χ0n) is 11.1. The van der Waals surface area contributed by atoms with Crippen molar-refractivity contribution in [3.8, 4) is 0 Å². The summed E-state index contributed by atoms with van der Waals surface area (Å²) >= 11 is 0. The molecule has 2 N–H and O–H groups in total.